The molecule has 2 N–H and O–H groups in total. The van der Waals surface area contributed by atoms with E-state index in [0.717, 1.165) is 22.9 Å². The molecule has 25 heavy (non-hydrogen) atoms. The van der Waals surface area contributed by atoms with Gasteiger partial charge < -0.3 is 15.2 Å². The number of aliphatic hydroxyl groups is 1. The van der Waals surface area contributed by atoms with Gasteiger partial charge >= 0.3 is 6.09 Å². The third-order valence-corrected chi connectivity index (χ3v) is 4.46. The number of hydrogen-bond acceptors (Lipinski definition) is 5. The smallest absolute Gasteiger partial charge is 0.408 e. The van der Waals surface area contributed by atoms with Crippen LogP contribution in [0.2, 0.25) is 0 Å². The van der Waals surface area contributed by atoms with E-state index in [1.54, 1.807) is 0 Å². The Labute approximate surface area is 151 Å². The first-order valence-electron chi connectivity index (χ1n) is 7.92. The Hall–Kier alpha value is -2.31. The van der Waals surface area contributed by atoms with E-state index in [1.807, 2.05) is 60.7 Å². The van der Waals surface area contributed by atoms with E-state index in [1.165, 1.54) is 6.92 Å². The third-order valence-electron chi connectivity index (χ3n) is 3.45. The largest absolute Gasteiger partial charge is 0.445 e. The van der Waals surface area contributed by atoms with Crippen LogP contribution in [0.3, 0.4) is 0 Å². The molecule has 5 nitrogen and oxygen atoms in total. The van der Waals surface area contributed by atoms with Crippen LogP contribution in [0.5, 0.6) is 0 Å². The second-order valence-corrected chi connectivity index (χ2v) is 6.50. The molecule has 0 spiro atoms. The van der Waals surface area contributed by atoms with Crippen LogP contribution in [-0.4, -0.2) is 28.5 Å². The molecule has 6 heteroatoms. The van der Waals surface area contributed by atoms with E-state index in [2.05, 4.69) is 5.32 Å². The number of thioether (sulfide) groups is 1. The van der Waals surface area contributed by atoms with Crippen molar-refractivity contribution in [2.45, 2.75) is 31.4 Å². The van der Waals surface area contributed by atoms with Crippen LogP contribution < -0.4 is 5.32 Å². The van der Waals surface area contributed by atoms with Gasteiger partial charge in [-0.3, -0.25) is 4.79 Å². The minimum Gasteiger partial charge on any atom is -0.445 e. The highest BCUT2D eigenvalue weighted by Gasteiger charge is 2.26. The Morgan fingerprint density at radius 1 is 1.04 bits per heavy atom. The summed E-state index contributed by atoms with van der Waals surface area (Å²) in [4.78, 5) is 24.2. The summed E-state index contributed by atoms with van der Waals surface area (Å²) in [5, 5.41) is 11.9. The van der Waals surface area contributed by atoms with Gasteiger partial charge in [0, 0.05) is 5.75 Å². The highest BCUT2D eigenvalue weighted by Crippen LogP contribution is 2.16. The average Bonchev–Trinajstić information content (AvgIpc) is 2.64. The highest BCUT2D eigenvalue weighted by atomic mass is 32.2. The lowest BCUT2D eigenvalue weighted by Gasteiger charge is -2.19. The summed E-state index contributed by atoms with van der Waals surface area (Å²) in [6.45, 7) is 1.56. The van der Waals surface area contributed by atoms with E-state index in [9.17, 15) is 14.7 Å². The molecule has 0 radical (unpaired) electrons. The van der Waals surface area contributed by atoms with Crippen molar-refractivity contribution in [1.82, 2.24) is 5.32 Å². The van der Waals surface area contributed by atoms with Crippen molar-refractivity contribution >= 4 is 23.0 Å². The van der Waals surface area contributed by atoms with E-state index in [0.29, 0.717) is 5.75 Å². The summed E-state index contributed by atoms with van der Waals surface area (Å²) in [7, 11) is 0. The standard InChI is InChI=1S/C19H21NO4S/c1-14(21)17(18(22)25-13-16-10-6-3-7-11-16)20-19(23)24-12-15-8-4-2-5-9-15/h2-11,14,17,21H,12-13H2,1H3,(H,20,23)/t14-,17+/m1/s1. The fourth-order valence-corrected chi connectivity index (χ4v) is 3.02. The van der Waals surface area contributed by atoms with Crippen LogP contribution in [0.1, 0.15) is 18.1 Å². The van der Waals surface area contributed by atoms with E-state index < -0.39 is 18.2 Å². The number of carbonyl (C=O) groups is 2. The van der Waals surface area contributed by atoms with E-state index >= 15 is 0 Å². The first-order chi connectivity index (χ1) is 12.1. The summed E-state index contributed by atoms with van der Waals surface area (Å²) in [5.74, 6) is 0.476. The Morgan fingerprint density at radius 2 is 1.60 bits per heavy atom. The van der Waals surface area contributed by atoms with Crippen molar-refractivity contribution in [3.05, 3.63) is 71.8 Å². The van der Waals surface area contributed by atoms with E-state index in [-0.39, 0.29) is 11.7 Å². The van der Waals surface area contributed by atoms with Crippen molar-refractivity contribution in [3.63, 3.8) is 0 Å². The van der Waals surface area contributed by atoms with Crippen LogP contribution in [0.15, 0.2) is 60.7 Å². The van der Waals surface area contributed by atoms with Gasteiger partial charge in [0.25, 0.3) is 0 Å². The summed E-state index contributed by atoms with van der Waals surface area (Å²) in [6, 6.07) is 17.7. The van der Waals surface area contributed by atoms with Crippen molar-refractivity contribution in [1.29, 1.82) is 0 Å². The molecule has 132 valence electrons. The normalized spacial score (nSPS) is 12.9. The molecule has 0 heterocycles. The molecule has 1 amide bonds. The Kier molecular flexibility index (Phi) is 7.50. The molecule has 0 bridgehead atoms. The number of ether oxygens (including phenoxy) is 1. The van der Waals surface area contributed by atoms with Crippen molar-refractivity contribution in [3.8, 4) is 0 Å². The van der Waals surface area contributed by atoms with Gasteiger partial charge in [-0.15, -0.1) is 0 Å². The molecule has 0 aromatic heterocycles. The zero-order chi connectivity index (χ0) is 18.1. The lowest BCUT2D eigenvalue weighted by Crippen LogP contribution is -2.46. The van der Waals surface area contributed by atoms with E-state index in [4.69, 9.17) is 4.74 Å². The van der Waals surface area contributed by atoms with Gasteiger partial charge in [-0.25, -0.2) is 4.79 Å². The number of rotatable bonds is 7. The zero-order valence-electron chi connectivity index (χ0n) is 13.9. The quantitative estimate of drug-likeness (QED) is 0.794. The fourth-order valence-electron chi connectivity index (χ4n) is 2.09. The Morgan fingerprint density at radius 3 is 2.16 bits per heavy atom. The van der Waals surface area contributed by atoms with Crippen LogP contribution in [0.25, 0.3) is 0 Å². The maximum atomic E-state index is 12.3. The Bertz CT molecular complexity index is 676. The molecule has 0 saturated carbocycles. The van der Waals surface area contributed by atoms with Gasteiger partial charge in [0.15, 0.2) is 0 Å². The summed E-state index contributed by atoms with van der Waals surface area (Å²) in [5.41, 5.74) is 1.84. The molecular formula is C19H21NO4S. The number of carbonyl (C=O) groups excluding carboxylic acids is 2. The van der Waals surface area contributed by atoms with Crippen molar-refractivity contribution in [2.24, 2.45) is 0 Å². The fraction of sp³-hybridized carbons (Fsp3) is 0.263. The Balaban J connectivity index is 1.84. The molecule has 0 unspecified atom stereocenters. The average molecular weight is 359 g/mol. The minimum atomic E-state index is -1.02. The van der Waals surface area contributed by atoms with Crippen LogP contribution in [0.4, 0.5) is 4.79 Å². The SMILES string of the molecule is C[C@@H](O)[C@H](NC(=O)OCc1ccccc1)C(=O)SCc1ccccc1. The highest BCUT2D eigenvalue weighted by molar-refractivity contribution is 8.13. The molecule has 0 saturated heterocycles. The minimum absolute atomic E-state index is 0.102. The van der Waals surface area contributed by atoms with Crippen molar-refractivity contribution < 1.29 is 19.4 Å². The predicted octanol–water partition coefficient (Wildman–Crippen LogP) is 3.12. The number of amides is 1. The first kappa shape index (κ1) is 19.0. The molecule has 2 aromatic rings. The van der Waals surface area contributed by atoms with Crippen LogP contribution in [-0.2, 0) is 21.9 Å². The van der Waals surface area contributed by atoms with Gasteiger partial charge in [-0.2, -0.15) is 0 Å². The molecule has 2 aromatic carbocycles. The lowest BCUT2D eigenvalue weighted by atomic mass is 10.2. The number of aliphatic hydroxyl groups excluding tert-OH is 1. The maximum Gasteiger partial charge on any atom is 0.408 e. The predicted molar refractivity (Wildman–Crippen MR) is 98.0 cm³/mol. The molecular weight excluding hydrogens is 338 g/mol. The molecule has 0 aliphatic rings. The summed E-state index contributed by atoms with van der Waals surface area (Å²) < 4.78 is 5.10. The molecule has 2 atom stereocenters. The lowest BCUT2D eigenvalue weighted by molar-refractivity contribution is -0.114. The number of alkyl carbamates (subject to hydrolysis) is 1. The van der Waals surface area contributed by atoms with Gasteiger partial charge in [-0.05, 0) is 18.1 Å². The third kappa shape index (κ3) is 6.60. The molecule has 0 fully saturated rings. The van der Waals surface area contributed by atoms with Crippen LogP contribution in [0, 0.1) is 0 Å². The number of nitrogens with one attached hydrogen (secondary N) is 1. The topological polar surface area (TPSA) is 75.6 Å². The summed E-state index contributed by atoms with van der Waals surface area (Å²) in [6.07, 6.45) is -1.75. The van der Waals surface area contributed by atoms with Gasteiger partial charge in [0.1, 0.15) is 12.6 Å². The monoisotopic (exact) mass is 359 g/mol. The molecule has 2 rings (SSSR count). The second-order valence-electron chi connectivity index (χ2n) is 5.52. The first-order valence-corrected chi connectivity index (χ1v) is 8.90. The summed E-state index contributed by atoms with van der Waals surface area (Å²) >= 11 is 1.05. The van der Waals surface area contributed by atoms with Crippen LogP contribution >= 0.6 is 11.8 Å². The van der Waals surface area contributed by atoms with Gasteiger partial charge in [-0.1, -0.05) is 72.4 Å². The maximum absolute atomic E-state index is 12.3. The van der Waals surface area contributed by atoms with Crippen molar-refractivity contribution in [2.75, 3.05) is 0 Å². The zero-order valence-corrected chi connectivity index (χ0v) is 14.7. The molecule has 0 aliphatic heterocycles. The molecule has 0 aliphatic carbocycles. The number of hydrogen-bond donors (Lipinski definition) is 2. The second kappa shape index (κ2) is 9.86. The number of benzene rings is 2. The van der Waals surface area contributed by atoms with Gasteiger partial charge in [0.2, 0.25) is 5.12 Å². The van der Waals surface area contributed by atoms with Gasteiger partial charge in [0.05, 0.1) is 6.10 Å².